The van der Waals surface area contributed by atoms with Crippen LogP contribution in [0.3, 0.4) is 0 Å². The van der Waals surface area contributed by atoms with Crippen LogP contribution in [0.5, 0.6) is 5.75 Å². The van der Waals surface area contributed by atoms with Gasteiger partial charge in [0, 0.05) is 30.8 Å². The van der Waals surface area contributed by atoms with Gasteiger partial charge in [-0.2, -0.15) is 5.26 Å². The molecule has 2 heterocycles. The molecule has 228 valence electrons. The number of ether oxygens (including phenoxy) is 2. The summed E-state index contributed by atoms with van der Waals surface area (Å²) in [6, 6.07) is 13.6. The molecular formula is C32H38N4O5S2. The summed E-state index contributed by atoms with van der Waals surface area (Å²) in [5, 5.41) is 10.4. The van der Waals surface area contributed by atoms with Gasteiger partial charge in [0.1, 0.15) is 16.8 Å². The van der Waals surface area contributed by atoms with Crippen molar-refractivity contribution in [3.63, 3.8) is 0 Å². The van der Waals surface area contributed by atoms with E-state index in [1.807, 2.05) is 50.4 Å². The number of hydrogen-bond acceptors (Lipinski definition) is 9. The fraction of sp³-hybridized carbons (Fsp3) is 0.469. The highest BCUT2D eigenvalue weighted by Crippen LogP contribution is 2.41. The second kappa shape index (κ2) is 13.6. The van der Waals surface area contributed by atoms with Crippen LogP contribution in [0.25, 0.3) is 21.0 Å². The van der Waals surface area contributed by atoms with Crippen LogP contribution in [0.1, 0.15) is 62.3 Å². The van der Waals surface area contributed by atoms with Gasteiger partial charge < -0.3 is 14.4 Å². The van der Waals surface area contributed by atoms with E-state index >= 15 is 0 Å². The van der Waals surface area contributed by atoms with Gasteiger partial charge in [0.2, 0.25) is 10.0 Å². The van der Waals surface area contributed by atoms with Gasteiger partial charge in [-0.05, 0) is 93.4 Å². The van der Waals surface area contributed by atoms with Crippen LogP contribution in [-0.2, 0) is 26.0 Å². The number of carbonyl (C=O) groups is 1. The summed E-state index contributed by atoms with van der Waals surface area (Å²) < 4.78 is 39.7. The van der Waals surface area contributed by atoms with Crippen molar-refractivity contribution in [2.24, 2.45) is 5.92 Å². The molecule has 9 nitrogen and oxygen atoms in total. The Bertz CT molecular complexity index is 1600. The van der Waals surface area contributed by atoms with E-state index in [-0.39, 0.29) is 23.9 Å². The molecule has 1 atom stereocenters. The lowest BCUT2D eigenvalue weighted by Crippen LogP contribution is -2.40. The first-order valence-corrected chi connectivity index (χ1v) is 17.2. The topological polar surface area (TPSA) is 122 Å². The smallest absolute Gasteiger partial charge is 0.305 e. The first-order chi connectivity index (χ1) is 20.7. The Kier molecular flexibility index (Phi) is 9.82. The molecule has 3 aromatic rings. The summed E-state index contributed by atoms with van der Waals surface area (Å²) in [6.45, 7) is 5.91. The van der Waals surface area contributed by atoms with Gasteiger partial charge in [0.25, 0.3) is 0 Å². The van der Waals surface area contributed by atoms with Crippen molar-refractivity contribution >= 4 is 27.3 Å². The molecule has 0 radical (unpaired) electrons. The molecule has 2 aromatic carbocycles. The average Bonchev–Trinajstić information content (AvgIpc) is 3.64. The van der Waals surface area contributed by atoms with Gasteiger partial charge in [-0.25, -0.2) is 18.1 Å². The van der Waals surface area contributed by atoms with Crippen LogP contribution in [0.2, 0.25) is 0 Å². The third-order valence-electron chi connectivity index (χ3n) is 8.14. The SMILES string of the molecule is COC(=O)CC1CCN(CCS(=O)(=O)N[C@H]2CCc3c(-c4cnc(-c5ccc(OC(C)C)c(C#N)c5)s4)cccc32)CC1. The summed E-state index contributed by atoms with van der Waals surface area (Å²) in [5.41, 5.74) is 4.56. The lowest BCUT2D eigenvalue weighted by atomic mass is 9.94. The van der Waals surface area contributed by atoms with Crippen molar-refractivity contribution in [2.75, 3.05) is 32.5 Å². The van der Waals surface area contributed by atoms with Gasteiger partial charge in [-0.3, -0.25) is 4.79 Å². The Balaban J connectivity index is 1.23. The molecule has 0 unspecified atom stereocenters. The second-order valence-electron chi connectivity index (χ2n) is 11.5. The van der Waals surface area contributed by atoms with Gasteiger partial charge in [-0.15, -0.1) is 11.3 Å². The minimum Gasteiger partial charge on any atom is -0.490 e. The average molecular weight is 623 g/mol. The number of nitrogens with one attached hydrogen (secondary N) is 1. The molecule has 2 aliphatic rings. The zero-order chi connectivity index (χ0) is 30.6. The lowest BCUT2D eigenvalue weighted by molar-refractivity contribution is -0.142. The van der Waals surface area contributed by atoms with Crippen LogP contribution in [-0.4, -0.2) is 62.9 Å². The van der Waals surface area contributed by atoms with E-state index in [9.17, 15) is 18.5 Å². The third-order valence-corrected chi connectivity index (χ3v) is 10.6. The van der Waals surface area contributed by atoms with E-state index in [0.717, 1.165) is 64.5 Å². The normalized spacial score (nSPS) is 17.5. The molecule has 5 rings (SSSR count). The molecule has 0 bridgehead atoms. The van der Waals surface area contributed by atoms with Crippen molar-refractivity contribution in [1.29, 1.82) is 5.26 Å². The van der Waals surface area contributed by atoms with Gasteiger partial charge in [-0.1, -0.05) is 18.2 Å². The fourth-order valence-corrected chi connectivity index (χ4v) is 8.16. The molecule has 1 aromatic heterocycles. The number of hydrogen-bond donors (Lipinski definition) is 1. The maximum atomic E-state index is 13.1. The minimum atomic E-state index is -3.48. The Morgan fingerprint density at radius 3 is 2.72 bits per heavy atom. The predicted octanol–water partition coefficient (Wildman–Crippen LogP) is 5.32. The number of carbonyl (C=O) groups excluding carboxylic acids is 1. The Morgan fingerprint density at radius 1 is 1.21 bits per heavy atom. The van der Waals surface area contributed by atoms with Crippen molar-refractivity contribution in [1.82, 2.24) is 14.6 Å². The zero-order valence-corrected chi connectivity index (χ0v) is 26.5. The van der Waals surface area contributed by atoms with Crippen molar-refractivity contribution in [3.8, 4) is 32.8 Å². The van der Waals surface area contributed by atoms with Crippen molar-refractivity contribution in [3.05, 3.63) is 59.3 Å². The minimum absolute atomic E-state index is 0.0268. The Labute approximate surface area is 257 Å². The fourth-order valence-electron chi connectivity index (χ4n) is 5.90. The molecular weight excluding hydrogens is 585 g/mol. The summed E-state index contributed by atoms with van der Waals surface area (Å²) in [5.74, 6) is 0.728. The first-order valence-electron chi connectivity index (χ1n) is 14.7. The predicted molar refractivity (Wildman–Crippen MR) is 167 cm³/mol. The van der Waals surface area contributed by atoms with E-state index in [0.29, 0.717) is 36.6 Å². The van der Waals surface area contributed by atoms with E-state index in [4.69, 9.17) is 9.47 Å². The number of aromatic nitrogens is 1. The van der Waals surface area contributed by atoms with Crippen molar-refractivity contribution in [2.45, 2.75) is 58.1 Å². The molecule has 1 saturated heterocycles. The number of rotatable bonds is 11. The summed E-state index contributed by atoms with van der Waals surface area (Å²) >= 11 is 1.56. The number of benzene rings is 2. The number of esters is 1. The Morgan fingerprint density at radius 2 is 2.00 bits per heavy atom. The number of nitrogens with zero attached hydrogens (tertiary/aromatic N) is 3. The third kappa shape index (κ3) is 7.62. The van der Waals surface area contributed by atoms with Crippen molar-refractivity contribution < 1.29 is 22.7 Å². The maximum absolute atomic E-state index is 13.1. The zero-order valence-electron chi connectivity index (χ0n) is 24.8. The monoisotopic (exact) mass is 622 g/mol. The van der Waals surface area contributed by atoms with Crippen LogP contribution in [0.15, 0.2) is 42.6 Å². The molecule has 43 heavy (non-hydrogen) atoms. The number of sulfonamides is 1. The maximum Gasteiger partial charge on any atom is 0.305 e. The van der Waals surface area contributed by atoms with E-state index < -0.39 is 10.0 Å². The standard InChI is InChI=1S/C32H38N4O5S2/c1-21(2)41-29-10-7-23(18-24(29)19-33)32-34-20-30(42-32)27-6-4-5-26-25(27)8-9-28(26)35-43(38,39)16-15-36-13-11-22(12-14-36)17-31(37)40-3/h4-7,10,18,20-22,28,35H,8-9,11-17H2,1-3H3/t28-/m0/s1. The number of thiazole rings is 1. The summed E-state index contributed by atoms with van der Waals surface area (Å²) in [4.78, 5) is 19.4. The quantitative estimate of drug-likeness (QED) is 0.285. The van der Waals surface area contributed by atoms with E-state index in [1.165, 1.54) is 7.11 Å². The molecule has 1 aliphatic heterocycles. The lowest BCUT2D eigenvalue weighted by Gasteiger charge is -2.31. The number of piperidine rings is 1. The van der Waals surface area contributed by atoms with Crippen LogP contribution < -0.4 is 9.46 Å². The second-order valence-corrected chi connectivity index (χ2v) is 14.4. The molecule has 1 fully saturated rings. The molecule has 1 N–H and O–H groups in total. The van der Waals surface area contributed by atoms with Gasteiger partial charge in [0.05, 0.1) is 29.4 Å². The Hall–Kier alpha value is -3.30. The van der Waals surface area contributed by atoms with Crippen LogP contribution in [0.4, 0.5) is 0 Å². The molecule has 0 amide bonds. The highest BCUT2D eigenvalue weighted by molar-refractivity contribution is 7.89. The van der Waals surface area contributed by atoms with Crippen LogP contribution >= 0.6 is 11.3 Å². The largest absolute Gasteiger partial charge is 0.490 e. The number of nitriles is 1. The number of fused-ring (bicyclic) bond motifs is 1. The molecule has 0 saturated carbocycles. The molecule has 11 heteroatoms. The highest BCUT2D eigenvalue weighted by Gasteiger charge is 2.30. The summed E-state index contributed by atoms with van der Waals surface area (Å²) in [6.07, 6.45) is 5.49. The highest BCUT2D eigenvalue weighted by atomic mass is 32.2. The van der Waals surface area contributed by atoms with Crippen LogP contribution in [0, 0.1) is 17.2 Å². The number of likely N-dealkylation sites (tertiary alicyclic amines) is 1. The summed E-state index contributed by atoms with van der Waals surface area (Å²) in [7, 11) is -2.07. The van der Waals surface area contributed by atoms with Gasteiger partial charge in [0.15, 0.2) is 0 Å². The van der Waals surface area contributed by atoms with E-state index in [1.54, 1.807) is 11.3 Å². The van der Waals surface area contributed by atoms with E-state index in [2.05, 4.69) is 26.7 Å². The molecule has 1 aliphatic carbocycles. The van der Waals surface area contributed by atoms with Gasteiger partial charge >= 0.3 is 5.97 Å². The first kappa shape index (κ1) is 31.1. The molecule has 0 spiro atoms. The number of methoxy groups -OCH3 is 1.